The van der Waals surface area contributed by atoms with Crippen LogP contribution in [0.25, 0.3) is 11.0 Å². The molecule has 2 aliphatic rings. The highest BCUT2D eigenvalue weighted by Crippen LogP contribution is 2.34. The summed E-state index contributed by atoms with van der Waals surface area (Å²) < 4.78 is 49.6. The molecule has 1 saturated heterocycles. The molecule has 0 spiro atoms. The smallest absolute Gasteiger partial charge is 0.278 e. The van der Waals surface area contributed by atoms with Gasteiger partial charge in [0.15, 0.2) is 5.65 Å². The van der Waals surface area contributed by atoms with E-state index in [2.05, 4.69) is 25.7 Å². The van der Waals surface area contributed by atoms with Gasteiger partial charge in [-0.25, -0.2) is 23.1 Å². The Bertz CT molecular complexity index is 1340. The van der Waals surface area contributed by atoms with Crippen LogP contribution >= 0.6 is 23.4 Å². The largest absolute Gasteiger partial charge is 0.474 e. The van der Waals surface area contributed by atoms with Crippen molar-refractivity contribution in [2.45, 2.75) is 31.4 Å². The van der Waals surface area contributed by atoms with Gasteiger partial charge in [0.1, 0.15) is 23.6 Å². The molecule has 2 aliphatic heterocycles. The minimum Gasteiger partial charge on any atom is -0.474 e. The summed E-state index contributed by atoms with van der Waals surface area (Å²) in [5.41, 5.74) is 0.249. The lowest BCUT2D eigenvalue weighted by atomic mass is 10.0. The van der Waals surface area contributed by atoms with E-state index in [1.54, 1.807) is 17.9 Å². The molecule has 1 fully saturated rings. The molecule has 4 heterocycles. The Morgan fingerprint density at radius 2 is 2.11 bits per heavy atom. The van der Waals surface area contributed by atoms with Gasteiger partial charge < -0.3 is 15.4 Å². The number of fused-ring (bicyclic) bond motifs is 1. The Labute approximate surface area is 225 Å². The van der Waals surface area contributed by atoms with Crippen molar-refractivity contribution in [3.63, 3.8) is 0 Å². The van der Waals surface area contributed by atoms with Crippen molar-refractivity contribution in [2.75, 3.05) is 25.5 Å². The summed E-state index contributed by atoms with van der Waals surface area (Å²) >= 11 is 7.32. The first kappa shape index (κ1) is 26.6. The number of carbonyl (C=O) groups is 1. The van der Waals surface area contributed by atoms with Gasteiger partial charge in [-0.1, -0.05) is 17.7 Å². The van der Waals surface area contributed by atoms with E-state index in [1.807, 2.05) is 4.90 Å². The molecule has 2 N–H and O–H groups in total. The molecule has 0 aliphatic carbocycles. The van der Waals surface area contributed by atoms with Crippen LogP contribution in [-0.2, 0) is 7.05 Å². The number of benzene rings is 1. The van der Waals surface area contributed by atoms with Gasteiger partial charge in [0, 0.05) is 31.6 Å². The van der Waals surface area contributed by atoms with Gasteiger partial charge in [-0.05, 0) is 25.0 Å². The average molecular weight is 568 g/mol. The number of aromatic nitrogens is 4. The van der Waals surface area contributed by atoms with Crippen molar-refractivity contribution in [1.29, 1.82) is 0 Å². The van der Waals surface area contributed by atoms with Gasteiger partial charge in [-0.3, -0.25) is 14.4 Å². The lowest BCUT2D eigenvalue weighted by Crippen LogP contribution is -2.49. The highest BCUT2D eigenvalue weighted by atomic mass is 35.5. The molecule has 14 heteroatoms. The maximum Gasteiger partial charge on any atom is 0.278 e. The Balaban J connectivity index is 1.30. The molecule has 1 amide bonds. The van der Waals surface area contributed by atoms with Crippen molar-refractivity contribution in [2.24, 2.45) is 7.05 Å². The molecule has 1 aromatic carbocycles. The average Bonchev–Trinajstić information content (AvgIpc) is 3.53. The van der Waals surface area contributed by atoms with E-state index in [9.17, 15) is 18.0 Å². The molecule has 202 valence electrons. The van der Waals surface area contributed by atoms with E-state index in [0.29, 0.717) is 53.6 Å². The predicted molar refractivity (Wildman–Crippen MR) is 138 cm³/mol. The number of amides is 1. The number of nitrogens with zero attached hydrogens (tertiary/aromatic N) is 5. The molecule has 0 saturated carbocycles. The van der Waals surface area contributed by atoms with Crippen molar-refractivity contribution in [3.05, 3.63) is 57.7 Å². The number of ether oxygens (including phenoxy) is 1. The number of hydrogen-bond acceptors (Lipinski definition) is 8. The van der Waals surface area contributed by atoms with E-state index in [-0.39, 0.29) is 28.9 Å². The first-order valence-electron chi connectivity index (χ1n) is 12.0. The Hall–Kier alpha value is -3.03. The third-order valence-corrected chi connectivity index (χ3v) is 8.02. The number of allylic oxidation sites excluding steroid dienone is 1. The van der Waals surface area contributed by atoms with Crippen molar-refractivity contribution < 1.29 is 22.7 Å². The fourth-order valence-electron chi connectivity index (χ4n) is 4.69. The molecule has 0 radical (unpaired) electrons. The summed E-state index contributed by atoms with van der Waals surface area (Å²) in [5, 5.41) is 10.4. The third kappa shape index (κ3) is 5.40. The number of aryl methyl sites for hydroxylation is 1. The van der Waals surface area contributed by atoms with Crippen LogP contribution in [0.15, 0.2) is 41.3 Å². The zero-order valence-electron chi connectivity index (χ0n) is 20.3. The summed E-state index contributed by atoms with van der Waals surface area (Å²) in [5.74, 6) is -0.685. The van der Waals surface area contributed by atoms with Crippen molar-refractivity contribution in [1.82, 2.24) is 35.3 Å². The van der Waals surface area contributed by atoms with E-state index >= 15 is 0 Å². The Morgan fingerprint density at radius 1 is 1.32 bits per heavy atom. The second-order valence-corrected chi connectivity index (χ2v) is 10.3. The molecule has 5 rings (SSSR count). The van der Waals surface area contributed by atoms with Gasteiger partial charge in [0.05, 0.1) is 34.4 Å². The second kappa shape index (κ2) is 11.4. The Kier molecular flexibility index (Phi) is 7.96. The Morgan fingerprint density at radius 3 is 2.84 bits per heavy atom. The quantitative estimate of drug-likeness (QED) is 0.426. The number of likely N-dealkylation sites (tertiary alicyclic amines) is 1. The van der Waals surface area contributed by atoms with E-state index in [1.165, 1.54) is 30.2 Å². The lowest BCUT2D eigenvalue weighted by molar-refractivity contribution is 0.0784. The standard InChI is InChI=1S/C24H25ClF3N7O2S/c1-34-22-14(9-33-34)24(31-11-30-22)37-13-5-7-35(8-6-13)17(20-19(21(27)28)32-12-38-20)10-29-23(36)18-15(25)3-2-4-16(18)26/h2-4,9,11,13,17,21,32H,5-8,10,12H2,1H3,(H,29,36). The van der Waals surface area contributed by atoms with Gasteiger partial charge in [0.25, 0.3) is 12.3 Å². The molecule has 9 nitrogen and oxygen atoms in total. The molecule has 1 unspecified atom stereocenters. The third-order valence-electron chi connectivity index (χ3n) is 6.61. The summed E-state index contributed by atoms with van der Waals surface area (Å²) in [6, 6.07) is 3.45. The normalized spacial score (nSPS) is 17.7. The molecular weight excluding hydrogens is 543 g/mol. The lowest BCUT2D eigenvalue weighted by Gasteiger charge is -2.38. The number of hydrogen-bond donors (Lipinski definition) is 2. The fourth-order valence-corrected chi connectivity index (χ4v) is 6.07. The van der Waals surface area contributed by atoms with Crippen LogP contribution in [0.3, 0.4) is 0 Å². The minimum atomic E-state index is -2.68. The van der Waals surface area contributed by atoms with Crippen molar-refractivity contribution in [3.8, 4) is 5.88 Å². The highest BCUT2D eigenvalue weighted by Gasteiger charge is 2.35. The first-order chi connectivity index (χ1) is 18.3. The summed E-state index contributed by atoms with van der Waals surface area (Å²) in [6.07, 6.45) is 1.49. The van der Waals surface area contributed by atoms with Crippen LogP contribution in [0.4, 0.5) is 13.2 Å². The fraction of sp³-hybridized carbons (Fsp3) is 0.417. The zero-order chi connectivity index (χ0) is 26.8. The molecular formula is C24H25ClF3N7O2S. The van der Waals surface area contributed by atoms with Gasteiger partial charge >= 0.3 is 0 Å². The van der Waals surface area contributed by atoms with Gasteiger partial charge in [-0.15, -0.1) is 11.8 Å². The van der Waals surface area contributed by atoms with Crippen LogP contribution in [0.1, 0.15) is 23.2 Å². The van der Waals surface area contributed by atoms with Crippen LogP contribution in [0, 0.1) is 5.82 Å². The summed E-state index contributed by atoms with van der Waals surface area (Å²) in [4.78, 5) is 23.8. The van der Waals surface area contributed by atoms with Crippen LogP contribution < -0.4 is 15.4 Å². The molecule has 0 bridgehead atoms. The van der Waals surface area contributed by atoms with Crippen LogP contribution in [0.2, 0.25) is 5.02 Å². The number of thioether (sulfide) groups is 1. The number of alkyl halides is 2. The SMILES string of the molecule is Cn1ncc2c(OC3CCN(C(CNC(=O)c4c(F)cccc4Cl)C4=C(C(F)F)NCS4)CC3)ncnc21. The second-order valence-electron chi connectivity index (χ2n) is 8.90. The number of piperidine rings is 1. The number of halogens is 4. The predicted octanol–water partition coefficient (Wildman–Crippen LogP) is 3.57. The zero-order valence-corrected chi connectivity index (χ0v) is 21.9. The molecule has 1 atom stereocenters. The van der Waals surface area contributed by atoms with Crippen molar-refractivity contribution >= 4 is 40.3 Å². The maximum absolute atomic E-state index is 14.3. The minimum absolute atomic E-state index is 0.0114. The van der Waals surface area contributed by atoms with E-state index in [0.717, 1.165) is 6.07 Å². The number of rotatable bonds is 8. The monoisotopic (exact) mass is 567 g/mol. The first-order valence-corrected chi connectivity index (χ1v) is 13.3. The number of nitrogens with one attached hydrogen (secondary N) is 2. The van der Waals surface area contributed by atoms with E-state index in [4.69, 9.17) is 16.3 Å². The number of carbonyl (C=O) groups excluding carboxylic acids is 1. The maximum atomic E-state index is 14.3. The summed E-state index contributed by atoms with van der Waals surface area (Å²) in [6.45, 7) is 1.08. The highest BCUT2D eigenvalue weighted by molar-refractivity contribution is 8.03. The topological polar surface area (TPSA) is 97.2 Å². The molecule has 2 aromatic heterocycles. The summed E-state index contributed by atoms with van der Waals surface area (Å²) in [7, 11) is 1.79. The molecule has 3 aromatic rings. The van der Waals surface area contributed by atoms with Gasteiger partial charge in [-0.2, -0.15) is 5.10 Å². The van der Waals surface area contributed by atoms with Gasteiger partial charge in [0.2, 0.25) is 5.88 Å². The van der Waals surface area contributed by atoms with Crippen LogP contribution in [-0.4, -0.2) is 74.6 Å². The molecule has 38 heavy (non-hydrogen) atoms. The van der Waals surface area contributed by atoms with E-state index < -0.39 is 24.2 Å². The van der Waals surface area contributed by atoms with Crippen LogP contribution in [0.5, 0.6) is 5.88 Å².